The van der Waals surface area contributed by atoms with Crippen LogP contribution in [0.5, 0.6) is 0 Å². The Balaban J connectivity index is 1.86. The number of hydrogen-bond acceptors (Lipinski definition) is 2. The molecule has 104 valence electrons. The lowest BCUT2D eigenvalue weighted by molar-refractivity contribution is 0.476. The van der Waals surface area contributed by atoms with Gasteiger partial charge in [0, 0.05) is 17.8 Å². The molecule has 1 aromatic heterocycles. The van der Waals surface area contributed by atoms with E-state index in [2.05, 4.69) is 9.88 Å². The molecular weight excluding hydrogens is 253 g/mol. The third kappa shape index (κ3) is 1.74. The molecule has 1 N–H and O–H groups in total. The summed E-state index contributed by atoms with van der Waals surface area (Å²) in [6.07, 6.45) is 5.46. The number of halogens is 1. The van der Waals surface area contributed by atoms with E-state index in [1.807, 2.05) is 12.1 Å². The molecule has 4 heteroatoms. The number of hydrogen-bond donors (Lipinski definition) is 1. The van der Waals surface area contributed by atoms with Crippen LogP contribution in [-0.2, 0) is 12.8 Å². The van der Waals surface area contributed by atoms with Gasteiger partial charge in [-0.25, -0.2) is 9.37 Å². The predicted octanol–water partition coefficient (Wildman–Crippen LogP) is 3.31. The lowest BCUT2D eigenvalue weighted by Gasteiger charge is -2.29. The van der Waals surface area contributed by atoms with E-state index >= 15 is 0 Å². The Labute approximate surface area is 117 Å². The molecule has 1 unspecified atom stereocenters. The summed E-state index contributed by atoms with van der Waals surface area (Å²) < 4.78 is 16.4. The van der Waals surface area contributed by atoms with Crippen molar-refractivity contribution in [2.24, 2.45) is 0 Å². The van der Waals surface area contributed by atoms with Gasteiger partial charge in [0.25, 0.3) is 0 Å². The van der Waals surface area contributed by atoms with Gasteiger partial charge in [-0.3, -0.25) is 0 Å². The van der Waals surface area contributed by atoms with E-state index in [0.29, 0.717) is 0 Å². The van der Waals surface area contributed by atoms with Crippen LogP contribution in [0.15, 0.2) is 24.3 Å². The summed E-state index contributed by atoms with van der Waals surface area (Å²) in [6, 6.07) is 7.22. The number of anilines is 1. The average molecular weight is 271 g/mol. The summed E-state index contributed by atoms with van der Waals surface area (Å²) in [6.45, 7) is 0.856. The number of imidazole rings is 1. The Morgan fingerprint density at radius 1 is 1.20 bits per heavy atom. The van der Waals surface area contributed by atoms with Gasteiger partial charge >= 0.3 is 0 Å². The monoisotopic (exact) mass is 271 g/mol. The van der Waals surface area contributed by atoms with Crippen molar-refractivity contribution >= 4 is 5.95 Å². The number of nitrogens with one attached hydrogen (secondary N) is 1. The van der Waals surface area contributed by atoms with Gasteiger partial charge in [0.05, 0.1) is 11.7 Å². The maximum atomic E-state index is 14.2. The van der Waals surface area contributed by atoms with Crippen LogP contribution in [0.1, 0.15) is 42.3 Å². The van der Waals surface area contributed by atoms with Crippen LogP contribution in [0.2, 0.25) is 0 Å². The van der Waals surface area contributed by atoms with Crippen LogP contribution in [0.25, 0.3) is 0 Å². The first-order chi connectivity index (χ1) is 9.84. The molecular formula is C16H18FN3. The van der Waals surface area contributed by atoms with E-state index in [9.17, 15) is 4.39 Å². The number of benzene rings is 1. The van der Waals surface area contributed by atoms with Crippen molar-refractivity contribution in [3.63, 3.8) is 0 Å². The van der Waals surface area contributed by atoms with Crippen molar-refractivity contribution in [1.29, 1.82) is 0 Å². The quantitative estimate of drug-likeness (QED) is 0.862. The van der Waals surface area contributed by atoms with Crippen LogP contribution in [0, 0.1) is 5.82 Å². The van der Waals surface area contributed by atoms with Crippen molar-refractivity contribution in [2.75, 3.05) is 11.9 Å². The molecule has 1 atom stereocenters. The molecule has 3 nitrogen and oxygen atoms in total. The smallest absolute Gasteiger partial charge is 0.203 e. The molecule has 0 radical (unpaired) electrons. The van der Waals surface area contributed by atoms with Crippen molar-refractivity contribution in [1.82, 2.24) is 9.55 Å². The lowest BCUT2D eigenvalue weighted by atomic mass is 9.97. The molecule has 2 heterocycles. The fourth-order valence-electron chi connectivity index (χ4n) is 3.51. The zero-order chi connectivity index (χ0) is 13.5. The van der Waals surface area contributed by atoms with Crippen molar-refractivity contribution < 1.29 is 4.39 Å². The van der Waals surface area contributed by atoms with E-state index in [4.69, 9.17) is 4.98 Å². The molecule has 1 aliphatic carbocycles. The van der Waals surface area contributed by atoms with Gasteiger partial charge in [0.15, 0.2) is 0 Å². The maximum Gasteiger partial charge on any atom is 0.203 e. The van der Waals surface area contributed by atoms with Gasteiger partial charge in [0.1, 0.15) is 5.82 Å². The molecule has 2 aliphatic rings. The highest BCUT2D eigenvalue weighted by atomic mass is 19.1. The standard InChI is InChI=1S/C16H18FN3/c17-12-6-2-1-5-11(12)14-9-10-18-16-19-13-7-3-4-8-15(13)20(14)16/h1-2,5-6,14H,3-4,7-10H2,(H,18,19). The molecule has 20 heavy (non-hydrogen) atoms. The van der Waals surface area contributed by atoms with Crippen LogP contribution >= 0.6 is 0 Å². The van der Waals surface area contributed by atoms with Gasteiger partial charge in [-0.1, -0.05) is 18.2 Å². The first-order valence-corrected chi connectivity index (χ1v) is 7.43. The van der Waals surface area contributed by atoms with E-state index in [-0.39, 0.29) is 11.9 Å². The fourth-order valence-corrected chi connectivity index (χ4v) is 3.51. The summed E-state index contributed by atoms with van der Waals surface area (Å²) in [5.74, 6) is 0.819. The molecule has 0 saturated carbocycles. The highest BCUT2D eigenvalue weighted by Gasteiger charge is 2.29. The molecule has 1 aromatic carbocycles. The number of nitrogens with zero attached hydrogens (tertiary/aromatic N) is 2. The Morgan fingerprint density at radius 2 is 2.05 bits per heavy atom. The Morgan fingerprint density at radius 3 is 2.95 bits per heavy atom. The molecule has 0 amide bonds. The van der Waals surface area contributed by atoms with Crippen molar-refractivity contribution in [3.8, 4) is 0 Å². The van der Waals surface area contributed by atoms with Gasteiger partial charge in [-0.15, -0.1) is 0 Å². The highest BCUT2D eigenvalue weighted by molar-refractivity contribution is 5.41. The highest BCUT2D eigenvalue weighted by Crippen LogP contribution is 2.36. The van der Waals surface area contributed by atoms with Gasteiger partial charge in [-0.2, -0.15) is 0 Å². The second kappa shape index (κ2) is 4.62. The summed E-state index contributed by atoms with van der Waals surface area (Å²) in [5.41, 5.74) is 3.31. The molecule has 0 spiro atoms. The van der Waals surface area contributed by atoms with E-state index in [1.54, 1.807) is 12.1 Å². The van der Waals surface area contributed by atoms with Crippen molar-refractivity contribution in [2.45, 2.75) is 38.1 Å². The summed E-state index contributed by atoms with van der Waals surface area (Å²) in [7, 11) is 0. The second-order valence-corrected chi connectivity index (χ2v) is 5.66. The molecule has 0 saturated heterocycles. The Bertz CT molecular complexity index is 647. The predicted molar refractivity (Wildman–Crippen MR) is 76.5 cm³/mol. The molecule has 0 fully saturated rings. The fraction of sp³-hybridized carbons (Fsp3) is 0.438. The van der Waals surface area contributed by atoms with Gasteiger partial charge in [0.2, 0.25) is 5.95 Å². The molecule has 0 bridgehead atoms. The minimum atomic E-state index is -0.108. The zero-order valence-corrected chi connectivity index (χ0v) is 11.4. The number of aromatic nitrogens is 2. The van der Waals surface area contributed by atoms with Crippen LogP contribution in [0.3, 0.4) is 0 Å². The molecule has 1 aliphatic heterocycles. The van der Waals surface area contributed by atoms with Crippen LogP contribution in [-0.4, -0.2) is 16.1 Å². The first kappa shape index (κ1) is 11.9. The minimum absolute atomic E-state index is 0.0850. The average Bonchev–Trinajstić information content (AvgIpc) is 2.86. The molecule has 2 aromatic rings. The summed E-state index contributed by atoms with van der Waals surface area (Å²) in [5, 5.41) is 3.37. The third-order valence-electron chi connectivity index (χ3n) is 4.45. The summed E-state index contributed by atoms with van der Waals surface area (Å²) >= 11 is 0. The Hall–Kier alpha value is -1.84. The topological polar surface area (TPSA) is 29.9 Å². The van der Waals surface area contributed by atoms with Gasteiger partial charge in [-0.05, 0) is 38.2 Å². The SMILES string of the molecule is Fc1ccccc1C1CCNc2nc3c(n21)CCCC3. The zero-order valence-electron chi connectivity index (χ0n) is 11.4. The second-order valence-electron chi connectivity index (χ2n) is 5.66. The van der Waals surface area contributed by atoms with Crippen molar-refractivity contribution in [3.05, 3.63) is 47.0 Å². The molecule has 4 rings (SSSR count). The van der Waals surface area contributed by atoms with Crippen LogP contribution in [0.4, 0.5) is 10.3 Å². The van der Waals surface area contributed by atoms with Gasteiger partial charge < -0.3 is 9.88 Å². The van der Waals surface area contributed by atoms with E-state index in [0.717, 1.165) is 37.3 Å². The maximum absolute atomic E-state index is 14.2. The summed E-state index contributed by atoms with van der Waals surface area (Å²) in [4.78, 5) is 4.73. The number of fused-ring (bicyclic) bond motifs is 3. The van der Waals surface area contributed by atoms with E-state index < -0.39 is 0 Å². The Kier molecular flexibility index (Phi) is 2.76. The number of aryl methyl sites for hydroxylation is 1. The van der Waals surface area contributed by atoms with E-state index in [1.165, 1.54) is 24.2 Å². The largest absolute Gasteiger partial charge is 0.356 e. The van der Waals surface area contributed by atoms with Crippen LogP contribution < -0.4 is 5.32 Å². The lowest BCUT2D eigenvalue weighted by Crippen LogP contribution is -2.26. The minimum Gasteiger partial charge on any atom is -0.356 e. The first-order valence-electron chi connectivity index (χ1n) is 7.43. The number of rotatable bonds is 1. The normalized spacial score (nSPS) is 20.9. The third-order valence-corrected chi connectivity index (χ3v) is 4.45.